The molecule has 1 saturated heterocycles. The maximum Gasteiger partial charge on any atom is 0.223 e. The van der Waals surface area contributed by atoms with Crippen molar-refractivity contribution in [2.24, 2.45) is 10.9 Å². The van der Waals surface area contributed by atoms with Gasteiger partial charge in [0.25, 0.3) is 0 Å². The molecule has 0 bridgehead atoms. The quantitative estimate of drug-likeness (QED) is 0.270. The maximum atomic E-state index is 12.4. The molecule has 2 aromatic rings. The zero-order chi connectivity index (χ0) is 21.9. The molecule has 1 aliphatic rings. The zero-order valence-electron chi connectivity index (χ0n) is 18.9. The highest BCUT2D eigenvalue weighted by Crippen LogP contribution is 2.18. The molecule has 1 unspecified atom stereocenters. The van der Waals surface area contributed by atoms with Gasteiger partial charge >= 0.3 is 0 Å². The van der Waals surface area contributed by atoms with E-state index in [1.54, 1.807) is 13.2 Å². The number of aliphatic imine (C=N–C) groups is 1. The van der Waals surface area contributed by atoms with Gasteiger partial charge < -0.3 is 20.3 Å². The summed E-state index contributed by atoms with van der Waals surface area (Å²) in [5.41, 5.74) is 2.25. The molecule has 1 atom stereocenters. The summed E-state index contributed by atoms with van der Waals surface area (Å²) in [4.78, 5) is 23.0. The largest absolute Gasteiger partial charge is 0.477 e. The summed E-state index contributed by atoms with van der Waals surface area (Å²) in [5.74, 6) is 1.88. The SMILES string of the molecule is CCCOc1ncccc1CNC(=NC)NCC1CC(=O)N(CCc2ccccc2)C1.I. The zero-order valence-corrected chi connectivity index (χ0v) is 21.2. The van der Waals surface area contributed by atoms with Crippen molar-refractivity contribution in [1.29, 1.82) is 0 Å². The minimum absolute atomic E-state index is 0. The van der Waals surface area contributed by atoms with E-state index >= 15 is 0 Å². The van der Waals surface area contributed by atoms with Crippen molar-refractivity contribution < 1.29 is 9.53 Å². The van der Waals surface area contributed by atoms with Gasteiger partial charge in [-0.05, 0) is 24.5 Å². The average Bonchev–Trinajstić information content (AvgIpc) is 3.17. The number of nitrogens with one attached hydrogen (secondary N) is 2. The molecule has 8 heteroatoms. The van der Waals surface area contributed by atoms with Gasteiger partial charge in [0.1, 0.15) is 0 Å². The van der Waals surface area contributed by atoms with Gasteiger partial charge in [0, 0.05) is 57.3 Å². The molecule has 1 fully saturated rings. The number of pyridine rings is 1. The molecule has 0 aliphatic carbocycles. The predicted octanol–water partition coefficient (Wildman–Crippen LogP) is 3.24. The number of halogens is 1. The van der Waals surface area contributed by atoms with E-state index in [1.165, 1.54) is 5.56 Å². The van der Waals surface area contributed by atoms with Gasteiger partial charge in [-0.2, -0.15) is 0 Å². The first-order valence-corrected chi connectivity index (χ1v) is 11.0. The molecule has 7 nitrogen and oxygen atoms in total. The van der Waals surface area contributed by atoms with E-state index in [0.29, 0.717) is 38.0 Å². The van der Waals surface area contributed by atoms with Crippen LogP contribution in [0.15, 0.2) is 53.7 Å². The average molecular weight is 551 g/mol. The van der Waals surface area contributed by atoms with Crippen LogP contribution in [-0.4, -0.2) is 55.0 Å². The Morgan fingerprint density at radius 3 is 2.78 bits per heavy atom. The van der Waals surface area contributed by atoms with E-state index in [2.05, 4.69) is 39.7 Å². The molecule has 2 heterocycles. The van der Waals surface area contributed by atoms with Crippen molar-refractivity contribution in [3.05, 3.63) is 59.8 Å². The molecule has 2 N–H and O–H groups in total. The lowest BCUT2D eigenvalue weighted by Crippen LogP contribution is -2.40. The minimum Gasteiger partial charge on any atom is -0.477 e. The van der Waals surface area contributed by atoms with Crippen LogP contribution in [0, 0.1) is 5.92 Å². The monoisotopic (exact) mass is 551 g/mol. The van der Waals surface area contributed by atoms with E-state index in [-0.39, 0.29) is 35.8 Å². The van der Waals surface area contributed by atoms with Gasteiger partial charge in [-0.1, -0.05) is 43.3 Å². The number of likely N-dealkylation sites (tertiary alicyclic amines) is 1. The third kappa shape index (κ3) is 7.96. The molecule has 0 saturated carbocycles. The van der Waals surface area contributed by atoms with Crippen molar-refractivity contribution >= 4 is 35.8 Å². The maximum absolute atomic E-state index is 12.4. The number of carbonyl (C=O) groups is 1. The van der Waals surface area contributed by atoms with Crippen LogP contribution in [0.25, 0.3) is 0 Å². The minimum atomic E-state index is 0. The highest BCUT2D eigenvalue weighted by Gasteiger charge is 2.29. The van der Waals surface area contributed by atoms with Crippen LogP contribution in [0.1, 0.15) is 30.9 Å². The third-order valence-electron chi connectivity index (χ3n) is 5.33. The normalized spacial score (nSPS) is 15.9. The van der Waals surface area contributed by atoms with Crippen molar-refractivity contribution in [3.8, 4) is 5.88 Å². The fourth-order valence-electron chi connectivity index (χ4n) is 3.64. The van der Waals surface area contributed by atoms with Crippen molar-refractivity contribution in [2.45, 2.75) is 32.7 Å². The highest BCUT2D eigenvalue weighted by molar-refractivity contribution is 14.0. The Hall–Kier alpha value is -2.36. The first kappa shape index (κ1) is 25.9. The fourth-order valence-corrected chi connectivity index (χ4v) is 3.64. The number of amides is 1. The Morgan fingerprint density at radius 2 is 2.03 bits per heavy atom. The van der Waals surface area contributed by atoms with Gasteiger partial charge in [-0.15, -0.1) is 24.0 Å². The Balaban J connectivity index is 0.00000363. The number of hydrogen-bond acceptors (Lipinski definition) is 4. The van der Waals surface area contributed by atoms with Crippen LogP contribution in [0.2, 0.25) is 0 Å². The predicted molar refractivity (Wildman–Crippen MR) is 138 cm³/mol. The molecule has 1 aromatic heterocycles. The molecule has 0 radical (unpaired) electrons. The summed E-state index contributed by atoms with van der Waals surface area (Å²) in [6.07, 6.45) is 4.15. The van der Waals surface area contributed by atoms with Gasteiger partial charge in [0.15, 0.2) is 5.96 Å². The molecule has 32 heavy (non-hydrogen) atoms. The van der Waals surface area contributed by atoms with Crippen LogP contribution in [0.3, 0.4) is 0 Å². The van der Waals surface area contributed by atoms with E-state index < -0.39 is 0 Å². The number of carbonyl (C=O) groups excluding carboxylic acids is 1. The molecule has 1 amide bonds. The second-order valence-electron chi connectivity index (χ2n) is 7.77. The Labute approximate surface area is 208 Å². The fraction of sp³-hybridized carbons (Fsp3) is 0.458. The summed E-state index contributed by atoms with van der Waals surface area (Å²) in [6.45, 7) is 5.55. The number of aromatic nitrogens is 1. The number of hydrogen-bond donors (Lipinski definition) is 2. The topological polar surface area (TPSA) is 78.8 Å². The summed E-state index contributed by atoms with van der Waals surface area (Å²) >= 11 is 0. The summed E-state index contributed by atoms with van der Waals surface area (Å²) < 4.78 is 5.72. The standard InChI is InChI=1S/C24H33N5O2.HI/c1-3-14-31-23-21(10-7-12-26-23)17-28-24(25-2)27-16-20-15-22(30)29(18-20)13-11-19-8-5-4-6-9-19;/h4-10,12,20H,3,11,13-18H2,1-2H3,(H2,25,27,28);1H. The second-order valence-corrected chi connectivity index (χ2v) is 7.77. The van der Waals surface area contributed by atoms with Crippen LogP contribution >= 0.6 is 24.0 Å². The summed E-state index contributed by atoms with van der Waals surface area (Å²) in [6, 6.07) is 14.2. The van der Waals surface area contributed by atoms with Gasteiger partial charge in [0.05, 0.1) is 6.61 Å². The van der Waals surface area contributed by atoms with E-state index in [0.717, 1.165) is 31.5 Å². The Bertz CT molecular complexity index is 862. The van der Waals surface area contributed by atoms with Crippen molar-refractivity contribution in [1.82, 2.24) is 20.5 Å². The Morgan fingerprint density at radius 1 is 1.22 bits per heavy atom. The molecule has 1 aromatic carbocycles. The van der Waals surface area contributed by atoms with Crippen LogP contribution in [0.5, 0.6) is 5.88 Å². The lowest BCUT2D eigenvalue weighted by molar-refractivity contribution is -0.127. The number of nitrogens with zero attached hydrogens (tertiary/aromatic N) is 3. The molecular weight excluding hydrogens is 517 g/mol. The van der Waals surface area contributed by atoms with Crippen molar-refractivity contribution in [2.75, 3.05) is 33.3 Å². The van der Waals surface area contributed by atoms with E-state index in [4.69, 9.17) is 4.74 Å². The van der Waals surface area contributed by atoms with Crippen LogP contribution < -0.4 is 15.4 Å². The van der Waals surface area contributed by atoms with Crippen LogP contribution in [0.4, 0.5) is 0 Å². The Kier molecular flexibility index (Phi) is 11.3. The van der Waals surface area contributed by atoms with E-state index in [1.807, 2.05) is 35.2 Å². The van der Waals surface area contributed by atoms with E-state index in [9.17, 15) is 4.79 Å². The molecular formula is C24H34IN5O2. The van der Waals surface area contributed by atoms with Crippen LogP contribution in [-0.2, 0) is 17.8 Å². The molecule has 3 rings (SSSR count). The van der Waals surface area contributed by atoms with Crippen molar-refractivity contribution in [3.63, 3.8) is 0 Å². The van der Waals surface area contributed by atoms with Gasteiger partial charge in [-0.25, -0.2) is 4.98 Å². The third-order valence-corrected chi connectivity index (χ3v) is 5.33. The molecule has 1 aliphatic heterocycles. The molecule has 0 spiro atoms. The second kappa shape index (κ2) is 13.9. The highest BCUT2D eigenvalue weighted by atomic mass is 127. The molecule has 174 valence electrons. The van der Waals surface area contributed by atoms with Gasteiger partial charge in [0.2, 0.25) is 11.8 Å². The first-order valence-electron chi connectivity index (χ1n) is 11.0. The lowest BCUT2D eigenvalue weighted by atomic mass is 10.1. The number of benzene rings is 1. The summed E-state index contributed by atoms with van der Waals surface area (Å²) in [7, 11) is 1.75. The van der Waals surface area contributed by atoms with Gasteiger partial charge in [-0.3, -0.25) is 9.79 Å². The summed E-state index contributed by atoms with van der Waals surface area (Å²) in [5, 5.41) is 6.67. The lowest BCUT2D eigenvalue weighted by Gasteiger charge is -2.18. The smallest absolute Gasteiger partial charge is 0.223 e. The number of rotatable bonds is 10. The first-order chi connectivity index (χ1) is 15.2. The number of guanidine groups is 1. The number of ether oxygens (including phenoxy) is 1.